The second kappa shape index (κ2) is 6.74. The van der Waals surface area contributed by atoms with Crippen LogP contribution in [0.25, 0.3) is 0 Å². The van der Waals surface area contributed by atoms with E-state index in [1.54, 1.807) is 35.5 Å². The molecule has 5 fully saturated rings. The summed E-state index contributed by atoms with van der Waals surface area (Å²) in [4.78, 5) is 5.08. The lowest BCUT2D eigenvalue weighted by atomic mass is 9.44. The Morgan fingerprint density at radius 2 is 1.81 bits per heavy atom. The first-order valence-electron chi connectivity index (χ1n) is 11.9. The maximum Gasteiger partial charge on any atom is 0.143 e. The van der Waals surface area contributed by atoms with E-state index in [1.807, 2.05) is 6.21 Å². The number of hydrogen-bond donors (Lipinski definition) is 2. The maximum absolute atomic E-state index is 12.7. The molecule has 1 spiro atoms. The fraction of sp³-hybridized carbons (Fsp3) is 0.958. The zero-order valence-corrected chi connectivity index (χ0v) is 19.7. The first-order chi connectivity index (χ1) is 15.4. The fourth-order valence-electron chi connectivity index (χ4n) is 10.2. The molecule has 2 N–H and O–H groups in total. The second-order valence-corrected chi connectivity index (χ2v) is 11.2. The highest BCUT2D eigenvalue weighted by atomic mass is 16.5. The summed E-state index contributed by atoms with van der Waals surface area (Å²) in [5.41, 5.74) is -3.81. The molecule has 1 heterocycles. The molecular formula is C24H37NO7. The normalized spacial score (nSPS) is 61.3. The summed E-state index contributed by atoms with van der Waals surface area (Å²) in [7, 11) is 8.55. The van der Waals surface area contributed by atoms with Crippen LogP contribution in [0.5, 0.6) is 0 Å². The lowest BCUT2D eigenvalue weighted by molar-refractivity contribution is -0.293. The van der Waals surface area contributed by atoms with Crippen molar-refractivity contribution in [3.05, 3.63) is 0 Å². The maximum atomic E-state index is 12.7. The van der Waals surface area contributed by atoms with Gasteiger partial charge in [0.1, 0.15) is 11.2 Å². The first-order valence-corrected chi connectivity index (χ1v) is 11.9. The Morgan fingerprint density at radius 3 is 2.44 bits per heavy atom. The molecule has 0 radical (unpaired) electrons. The zero-order valence-electron chi connectivity index (χ0n) is 19.7. The Labute approximate surface area is 189 Å². The molecule has 180 valence electrons. The topological polar surface area (TPSA) is 99.0 Å². The van der Waals surface area contributed by atoms with E-state index >= 15 is 0 Å². The largest absolute Gasteiger partial charge is 0.386 e. The van der Waals surface area contributed by atoms with Gasteiger partial charge in [0.25, 0.3) is 0 Å². The summed E-state index contributed by atoms with van der Waals surface area (Å²) in [6, 6.07) is -0.502. The molecule has 0 aromatic rings. The zero-order chi connectivity index (χ0) is 22.7. The van der Waals surface area contributed by atoms with Gasteiger partial charge in [-0.2, -0.15) is 0 Å². The molecule has 8 heteroatoms. The van der Waals surface area contributed by atoms with Crippen molar-refractivity contribution in [2.75, 3.05) is 42.2 Å². The predicted octanol–water partition coefficient (Wildman–Crippen LogP) is 0.674. The minimum Gasteiger partial charge on any atom is -0.386 e. The van der Waals surface area contributed by atoms with Crippen molar-refractivity contribution < 1.29 is 33.9 Å². The molecule has 6 aliphatic rings. The van der Waals surface area contributed by atoms with Crippen molar-refractivity contribution in [1.29, 1.82) is 0 Å². The van der Waals surface area contributed by atoms with E-state index in [9.17, 15) is 10.2 Å². The smallest absolute Gasteiger partial charge is 0.143 e. The number of rotatable bonds is 6. The van der Waals surface area contributed by atoms with Crippen LogP contribution in [0, 0.1) is 34.5 Å². The van der Waals surface area contributed by atoms with Crippen molar-refractivity contribution in [1.82, 2.24) is 0 Å². The van der Waals surface area contributed by atoms with Crippen molar-refractivity contribution in [2.45, 2.75) is 67.3 Å². The highest BCUT2D eigenvalue weighted by molar-refractivity contribution is 5.72. The van der Waals surface area contributed by atoms with Gasteiger partial charge in [-0.05, 0) is 25.2 Å². The van der Waals surface area contributed by atoms with E-state index in [2.05, 4.69) is 0 Å². The lowest BCUT2D eigenvalue weighted by Gasteiger charge is -2.65. The first kappa shape index (κ1) is 21.9. The highest BCUT2D eigenvalue weighted by Gasteiger charge is 2.90. The number of aliphatic imine (C=N–C) groups is 1. The van der Waals surface area contributed by atoms with Gasteiger partial charge in [0.2, 0.25) is 0 Å². The van der Waals surface area contributed by atoms with Crippen molar-refractivity contribution in [3.63, 3.8) is 0 Å². The quantitative estimate of drug-likeness (QED) is 0.613. The molecule has 0 aromatic carbocycles. The summed E-state index contributed by atoms with van der Waals surface area (Å²) in [5, 5.41) is 25.2. The van der Waals surface area contributed by atoms with Crippen LogP contribution >= 0.6 is 0 Å². The molecule has 0 saturated heterocycles. The van der Waals surface area contributed by atoms with Gasteiger partial charge in [-0.15, -0.1) is 0 Å². The molecule has 5 saturated carbocycles. The lowest BCUT2D eigenvalue weighted by Crippen LogP contribution is -2.77. The summed E-state index contributed by atoms with van der Waals surface area (Å²) in [6.07, 6.45) is 3.90. The van der Waals surface area contributed by atoms with Crippen LogP contribution in [0.15, 0.2) is 4.99 Å². The molecular weight excluding hydrogens is 414 g/mol. The van der Waals surface area contributed by atoms with E-state index in [0.717, 1.165) is 19.3 Å². The minimum absolute atomic E-state index is 0.0666. The Hall–Kier alpha value is -0.610. The van der Waals surface area contributed by atoms with E-state index in [-0.39, 0.29) is 47.4 Å². The predicted molar refractivity (Wildman–Crippen MR) is 115 cm³/mol. The number of nitrogens with zero attached hydrogens (tertiary/aromatic N) is 1. The van der Waals surface area contributed by atoms with Crippen LogP contribution in [0.1, 0.15) is 25.7 Å². The van der Waals surface area contributed by atoms with E-state index in [0.29, 0.717) is 13.0 Å². The van der Waals surface area contributed by atoms with E-state index in [4.69, 9.17) is 28.7 Å². The minimum atomic E-state index is -1.57. The fourth-order valence-corrected chi connectivity index (χ4v) is 10.2. The van der Waals surface area contributed by atoms with Gasteiger partial charge in [0.05, 0.1) is 37.1 Å². The van der Waals surface area contributed by atoms with E-state index in [1.165, 1.54) is 0 Å². The van der Waals surface area contributed by atoms with E-state index < -0.39 is 28.8 Å². The van der Waals surface area contributed by atoms with Gasteiger partial charge in [0.15, 0.2) is 0 Å². The van der Waals surface area contributed by atoms with Gasteiger partial charge in [-0.3, -0.25) is 4.99 Å². The monoisotopic (exact) mass is 451 g/mol. The van der Waals surface area contributed by atoms with Gasteiger partial charge >= 0.3 is 0 Å². The Morgan fingerprint density at radius 1 is 1.03 bits per heavy atom. The van der Waals surface area contributed by atoms with Crippen LogP contribution in [-0.2, 0) is 23.7 Å². The van der Waals surface area contributed by atoms with Crippen LogP contribution in [0.2, 0.25) is 0 Å². The van der Waals surface area contributed by atoms with Gasteiger partial charge < -0.3 is 33.9 Å². The number of aliphatic hydroxyl groups is 2. The molecule has 1 aliphatic heterocycles. The Kier molecular flexibility index (Phi) is 4.61. The second-order valence-electron chi connectivity index (χ2n) is 11.2. The number of fused-ring (bicyclic) bond motifs is 2. The van der Waals surface area contributed by atoms with Gasteiger partial charge in [0, 0.05) is 76.8 Å². The molecule has 0 amide bonds. The van der Waals surface area contributed by atoms with Crippen LogP contribution in [0.3, 0.4) is 0 Å². The van der Waals surface area contributed by atoms with Crippen LogP contribution in [-0.4, -0.2) is 100 Å². The molecule has 5 aliphatic carbocycles. The number of ether oxygens (including phenoxy) is 5. The van der Waals surface area contributed by atoms with Gasteiger partial charge in [-0.25, -0.2) is 0 Å². The van der Waals surface area contributed by atoms with Crippen LogP contribution < -0.4 is 0 Å². The van der Waals surface area contributed by atoms with Crippen molar-refractivity contribution in [3.8, 4) is 0 Å². The molecule has 13 atom stereocenters. The summed E-state index contributed by atoms with van der Waals surface area (Å²) < 4.78 is 30.1. The average molecular weight is 452 g/mol. The summed E-state index contributed by atoms with van der Waals surface area (Å²) in [6.45, 7) is 0.510. The molecule has 0 unspecified atom stereocenters. The molecule has 6 rings (SSSR count). The number of hydrogen-bond acceptors (Lipinski definition) is 8. The third kappa shape index (κ3) is 1.98. The molecule has 7 bridgehead atoms. The molecule has 0 aromatic heterocycles. The Bertz CT molecular complexity index is 824. The van der Waals surface area contributed by atoms with Crippen molar-refractivity contribution in [2.24, 2.45) is 39.5 Å². The van der Waals surface area contributed by atoms with Crippen molar-refractivity contribution >= 4 is 6.21 Å². The average Bonchev–Trinajstić information content (AvgIpc) is 3.18. The molecule has 32 heavy (non-hydrogen) atoms. The Balaban J connectivity index is 1.65. The standard InChI is InChI=1S/C24H37NO7/c1-28-11-21-7-6-15(30-3)23-13-8-12-14(29-2)9-22(26,16(13)17(12)31-4)24(27,20(23)25-10-21)19(32-5)18(21)23/h10,12-20,26-27H,6-9,11H2,1-5H3/t12-,13-,14+,15+,16-,17+,18-,19+,20+,21+,22-,23+,24-/m1/s1. The summed E-state index contributed by atoms with van der Waals surface area (Å²) >= 11 is 0. The number of methoxy groups -OCH3 is 5. The summed E-state index contributed by atoms with van der Waals surface area (Å²) in [5.74, 6) is -0.0448. The molecule has 8 nitrogen and oxygen atoms in total. The SMILES string of the molecule is COC[C@@]12C=N[C@H]3[C@]4([C@@H](OC)CC1)[C@@H]1C[C@H]5[C@H](OC)[C@@H]1[C@](O)(C[C@@H]5OC)[C@@]3(O)[C@@H](OC)[C@H]24. The van der Waals surface area contributed by atoms with Gasteiger partial charge in [-0.1, -0.05) is 0 Å². The third-order valence-corrected chi connectivity index (χ3v) is 10.8. The third-order valence-electron chi connectivity index (χ3n) is 10.8. The highest BCUT2D eigenvalue weighted by Crippen LogP contribution is 2.79. The van der Waals surface area contributed by atoms with Crippen LogP contribution in [0.4, 0.5) is 0 Å².